The molecular weight excluding hydrogens is 464 g/mol. The molecule has 0 amide bonds. The van der Waals surface area contributed by atoms with E-state index < -0.39 is 0 Å². The standard InChI is InChI=1S/C31H30N2O4/c1-34-28-16-14-23(18-30(28)35-2)26-20-27(33(32-26)25-12-8-5-9-13-25)24-15-17-29(31(19-24)36-3)37-21-22-10-6-4-7-11-22/h4-19,27H,20-21H2,1-3H3. The third-order valence-electron chi connectivity index (χ3n) is 6.46. The Kier molecular flexibility index (Phi) is 7.26. The average Bonchev–Trinajstić information content (AvgIpc) is 3.42. The molecule has 0 saturated carbocycles. The third-order valence-corrected chi connectivity index (χ3v) is 6.46. The highest BCUT2D eigenvalue weighted by Crippen LogP contribution is 2.40. The molecule has 6 heteroatoms. The summed E-state index contributed by atoms with van der Waals surface area (Å²) in [4.78, 5) is 0. The summed E-state index contributed by atoms with van der Waals surface area (Å²) in [5, 5.41) is 7.13. The van der Waals surface area contributed by atoms with E-state index in [1.165, 1.54) is 0 Å². The zero-order chi connectivity index (χ0) is 25.6. The quantitative estimate of drug-likeness (QED) is 0.261. The van der Waals surface area contributed by atoms with Crippen LogP contribution in [0.15, 0.2) is 102 Å². The van der Waals surface area contributed by atoms with E-state index in [-0.39, 0.29) is 6.04 Å². The van der Waals surface area contributed by atoms with E-state index in [9.17, 15) is 0 Å². The first kappa shape index (κ1) is 24.3. The number of rotatable bonds is 9. The van der Waals surface area contributed by atoms with Crippen molar-refractivity contribution in [3.63, 3.8) is 0 Å². The summed E-state index contributed by atoms with van der Waals surface area (Å²) in [5.41, 5.74) is 5.18. The van der Waals surface area contributed by atoms with Crippen LogP contribution in [0.2, 0.25) is 0 Å². The van der Waals surface area contributed by atoms with Crippen molar-refractivity contribution in [1.29, 1.82) is 0 Å². The molecule has 0 aliphatic carbocycles. The number of ether oxygens (including phenoxy) is 4. The first-order chi connectivity index (χ1) is 18.2. The number of benzene rings is 4. The van der Waals surface area contributed by atoms with Gasteiger partial charge in [-0.1, -0.05) is 54.6 Å². The van der Waals surface area contributed by atoms with E-state index in [0.29, 0.717) is 29.6 Å². The second-order valence-electron chi connectivity index (χ2n) is 8.70. The van der Waals surface area contributed by atoms with Crippen LogP contribution in [0.4, 0.5) is 5.69 Å². The Balaban J connectivity index is 1.45. The fourth-order valence-corrected chi connectivity index (χ4v) is 4.52. The van der Waals surface area contributed by atoms with Gasteiger partial charge in [0, 0.05) is 12.0 Å². The normalized spacial score (nSPS) is 14.7. The van der Waals surface area contributed by atoms with Crippen LogP contribution in [0.25, 0.3) is 0 Å². The Morgan fingerprint density at radius 2 is 1.35 bits per heavy atom. The number of anilines is 1. The van der Waals surface area contributed by atoms with E-state index >= 15 is 0 Å². The summed E-state index contributed by atoms with van der Waals surface area (Å²) >= 11 is 0. The van der Waals surface area contributed by atoms with Crippen molar-refractivity contribution < 1.29 is 18.9 Å². The molecule has 0 fully saturated rings. The van der Waals surface area contributed by atoms with Crippen LogP contribution in [0.5, 0.6) is 23.0 Å². The fraction of sp³-hybridized carbons (Fsp3) is 0.194. The van der Waals surface area contributed by atoms with Gasteiger partial charge in [-0.15, -0.1) is 0 Å². The number of methoxy groups -OCH3 is 3. The maximum absolute atomic E-state index is 6.09. The molecule has 37 heavy (non-hydrogen) atoms. The molecule has 1 aliphatic heterocycles. The largest absolute Gasteiger partial charge is 0.493 e. The lowest BCUT2D eigenvalue weighted by molar-refractivity contribution is 0.284. The summed E-state index contributed by atoms with van der Waals surface area (Å²) in [6.07, 6.45) is 0.720. The van der Waals surface area contributed by atoms with Gasteiger partial charge in [-0.25, -0.2) is 0 Å². The topological polar surface area (TPSA) is 52.5 Å². The first-order valence-electron chi connectivity index (χ1n) is 12.2. The molecular formula is C31H30N2O4. The average molecular weight is 495 g/mol. The Morgan fingerprint density at radius 3 is 2.05 bits per heavy atom. The SMILES string of the molecule is COc1ccc(C2=NN(c3ccccc3)C(c3ccc(OCc4ccccc4)c(OC)c3)C2)cc1OC. The Labute approximate surface area is 217 Å². The van der Waals surface area contributed by atoms with Crippen LogP contribution >= 0.6 is 0 Å². The lowest BCUT2D eigenvalue weighted by Crippen LogP contribution is -2.18. The van der Waals surface area contributed by atoms with Crippen molar-refractivity contribution in [3.8, 4) is 23.0 Å². The molecule has 1 heterocycles. The van der Waals surface area contributed by atoms with E-state index in [2.05, 4.69) is 23.2 Å². The van der Waals surface area contributed by atoms with Gasteiger partial charge in [0.05, 0.1) is 38.8 Å². The van der Waals surface area contributed by atoms with Crippen molar-refractivity contribution in [2.75, 3.05) is 26.3 Å². The van der Waals surface area contributed by atoms with Crippen molar-refractivity contribution in [3.05, 3.63) is 114 Å². The van der Waals surface area contributed by atoms with Gasteiger partial charge in [0.15, 0.2) is 23.0 Å². The monoisotopic (exact) mass is 494 g/mol. The highest BCUT2D eigenvalue weighted by molar-refractivity contribution is 6.03. The molecule has 1 unspecified atom stereocenters. The second-order valence-corrected chi connectivity index (χ2v) is 8.70. The minimum absolute atomic E-state index is 0.0115. The number of para-hydroxylation sites is 1. The van der Waals surface area contributed by atoms with Gasteiger partial charge in [0.1, 0.15) is 6.61 Å². The van der Waals surface area contributed by atoms with Crippen molar-refractivity contribution >= 4 is 11.4 Å². The number of hydrogen-bond donors (Lipinski definition) is 0. The summed E-state index contributed by atoms with van der Waals surface area (Å²) < 4.78 is 22.8. The minimum atomic E-state index is -0.0115. The molecule has 4 aromatic carbocycles. The second kappa shape index (κ2) is 11.1. The van der Waals surface area contributed by atoms with E-state index in [4.69, 9.17) is 24.0 Å². The predicted molar refractivity (Wildman–Crippen MR) is 146 cm³/mol. The Morgan fingerprint density at radius 1 is 0.703 bits per heavy atom. The van der Waals surface area contributed by atoms with Crippen LogP contribution in [0.3, 0.4) is 0 Å². The lowest BCUT2D eigenvalue weighted by Gasteiger charge is -2.24. The molecule has 0 saturated heterocycles. The van der Waals surface area contributed by atoms with Gasteiger partial charge in [-0.3, -0.25) is 5.01 Å². The van der Waals surface area contributed by atoms with Gasteiger partial charge in [-0.05, 0) is 53.6 Å². The molecule has 0 bridgehead atoms. The van der Waals surface area contributed by atoms with Gasteiger partial charge < -0.3 is 18.9 Å². The highest BCUT2D eigenvalue weighted by Gasteiger charge is 2.31. The van der Waals surface area contributed by atoms with Gasteiger partial charge in [-0.2, -0.15) is 5.10 Å². The summed E-state index contributed by atoms with van der Waals surface area (Å²) in [6, 6.07) is 32.3. The lowest BCUT2D eigenvalue weighted by atomic mass is 9.97. The molecule has 0 spiro atoms. The van der Waals surface area contributed by atoms with Gasteiger partial charge >= 0.3 is 0 Å². The molecule has 5 rings (SSSR count). The zero-order valence-corrected chi connectivity index (χ0v) is 21.3. The van der Waals surface area contributed by atoms with Crippen LogP contribution in [-0.2, 0) is 6.61 Å². The van der Waals surface area contributed by atoms with Crippen molar-refractivity contribution in [2.24, 2.45) is 5.10 Å². The van der Waals surface area contributed by atoms with Crippen LogP contribution in [0, 0.1) is 0 Å². The number of nitrogens with zero attached hydrogens (tertiary/aromatic N) is 2. The zero-order valence-electron chi connectivity index (χ0n) is 21.3. The van der Waals surface area contributed by atoms with Crippen molar-refractivity contribution in [2.45, 2.75) is 19.1 Å². The van der Waals surface area contributed by atoms with Gasteiger partial charge in [0.25, 0.3) is 0 Å². The van der Waals surface area contributed by atoms with Crippen LogP contribution in [-0.4, -0.2) is 27.0 Å². The van der Waals surface area contributed by atoms with E-state index in [1.807, 2.05) is 78.9 Å². The molecule has 1 atom stereocenters. The maximum Gasteiger partial charge on any atom is 0.161 e. The van der Waals surface area contributed by atoms with Crippen molar-refractivity contribution in [1.82, 2.24) is 0 Å². The van der Waals surface area contributed by atoms with Crippen LogP contribution < -0.4 is 24.0 Å². The Hall–Kier alpha value is -4.45. The van der Waals surface area contributed by atoms with Crippen LogP contribution in [0.1, 0.15) is 29.2 Å². The smallest absolute Gasteiger partial charge is 0.161 e. The minimum Gasteiger partial charge on any atom is -0.493 e. The molecule has 6 nitrogen and oxygen atoms in total. The maximum atomic E-state index is 6.09. The third kappa shape index (κ3) is 5.23. The molecule has 0 N–H and O–H groups in total. The van der Waals surface area contributed by atoms with Gasteiger partial charge in [0.2, 0.25) is 0 Å². The van der Waals surface area contributed by atoms with E-state index in [1.54, 1.807) is 21.3 Å². The molecule has 0 aromatic heterocycles. The highest BCUT2D eigenvalue weighted by atomic mass is 16.5. The summed E-state index contributed by atoms with van der Waals surface area (Å²) in [5.74, 6) is 2.78. The summed E-state index contributed by atoms with van der Waals surface area (Å²) in [7, 11) is 4.95. The summed E-state index contributed by atoms with van der Waals surface area (Å²) in [6.45, 7) is 0.475. The molecule has 0 radical (unpaired) electrons. The number of hydrogen-bond acceptors (Lipinski definition) is 6. The van der Waals surface area contributed by atoms with E-state index in [0.717, 1.165) is 34.5 Å². The number of hydrazone groups is 1. The first-order valence-corrected chi connectivity index (χ1v) is 12.2. The predicted octanol–water partition coefficient (Wildman–Crippen LogP) is 6.65. The Bertz CT molecular complexity index is 1370. The molecule has 4 aromatic rings. The molecule has 188 valence electrons. The fourth-order valence-electron chi connectivity index (χ4n) is 4.52. The molecule has 1 aliphatic rings.